The molecule has 0 bridgehead atoms. The van der Waals surface area contributed by atoms with E-state index in [9.17, 15) is 18.0 Å². The van der Waals surface area contributed by atoms with Gasteiger partial charge < -0.3 is 10.2 Å². The van der Waals surface area contributed by atoms with Crippen LogP contribution in [-0.2, 0) is 19.4 Å². The molecule has 2 aromatic rings. The molecule has 2 atom stereocenters. The van der Waals surface area contributed by atoms with E-state index in [-0.39, 0.29) is 42.3 Å². The van der Waals surface area contributed by atoms with Gasteiger partial charge in [-0.25, -0.2) is 13.4 Å². The van der Waals surface area contributed by atoms with Gasteiger partial charge in [0.05, 0.1) is 17.4 Å². The molecular weight excluding hydrogens is 386 g/mol. The molecule has 2 fully saturated rings. The Labute approximate surface area is 161 Å². The van der Waals surface area contributed by atoms with Crippen molar-refractivity contribution in [1.82, 2.24) is 9.88 Å². The first kappa shape index (κ1) is 18.1. The van der Waals surface area contributed by atoms with Crippen molar-refractivity contribution < 1.29 is 18.0 Å². The molecule has 1 N–H and O–H groups in total. The molecule has 7 nitrogen and oxygen atoms in total. The topological polar surface area (TPSA) is 96.4 Å². The Balaban J connectivity index is 1.38. The van der Waals surface area contributed by atoms with Crippen LogP contribution in [0.1, 0.15) is 12.8 Å². The van der Waals surface area contributed by atoms with Gasteiger partial charge in [0.1, 0.15) is 5.01 Å². The molecule has 0 spiro atoms. The van der Waals surface area contributed by atoms with Crippen LogP contribution >= 0.6 is 11.3 Å². The van der Waals surface area contributed by atoms with Crippen LogP contribution in [0, 0.1) is 5.92 Å². The number of hydrogen-bond acceptors (Lipinski definition) is 6. The predicted octanol–water partition coefficient (Wildman–Crippen LogP) is 1.78. The molecule has 2 aliphatic rings. The SMILES string of the molecule is O=C(Nc1ccc(-c2nccs2)cc1)[C@@H]1CC(=O)N([C@@H]2CCS(=O)(=O)C2)C1. The fourth-order valence-electron chi connectivity index (χ4n) is 3.59. The summed E-state index contributed by atoms with van der Waals surface area (Å²) in [5, 5.41) is 5.67. The summed E-state index contributed by atoms with van der Waals surface area (Å²) in [5.74, 6) is -0.695. The van der Waals surface area contributed by atoms with Gasteiger partial charge in [0.2, 0.25) is 11.8 Å². The second-order valence-electron chi connectivity index (χ2n) is 6.91. The van der Waals surface area contributed by atoms with Crippen LogP contribution in [0.15, 0.2) is 35.8 Å². The molecule has 1 aromatic carbocycles. The Hall–Kier alpha value is -2.26. The molecule has 3 heterocycles. The van der Waals surface area contributed by atoms with Crippen molar-refractivity contribution in [2.75, 3.05) is 23.4 Å². The Morgan fingerprint density at radius 2 is 2.04 bits per heavy atom. The second-order valence-corrected chi connectivity index (χ2v) is 10.0. The molecule has 27 heavy (non-hydrogen) atoms. The number of anilines is 1. The number of rotatable bonds is 4. The molecule has 0 unspecified atom stereocenters. The highest BCUT2D eigenvalue weighted by Crippen LogP contribution is 2.28. The monoisotopic (exact) mass is 405 g/mol. The third kappa shape index (κ3) is 3.89. The van der Waals surface area contributed by atoms with Crippen LogP contribution in [0.4, 0.5) is 5.69 Å². The van der Waals surface area contributed by atoms with Crippen molar-refractivity contribution in [1.29, 1.82) is 0 Å². The number of benzene rings is 1. The molecule has 0 saturated carbocycles. The van der Waals surface area contributed by atoms with Crippen LogP contribution in [0.25, 0.3) is 10.6 Å². The van der Waals surface area contributed by atoms with Gasteiger partial charge in [-0.3, -0.25) is 9.59 Å². The average Bonchev–Trinajstić information content (AvgIpc) is 3.35. The van der Waals surface area contributed by atoms with Crippen LogP contribution in [0.2, 0.25) is 0 Å². The number of carbonyl (C=O) groups excluding carboxylic acids is 2. The van der Waals surface area contributed by atoms with E-state index in [1.165, 1.54) is 0 Å². The Morgan fingerprint density at radius 3 is 2.67 bits per heavy atom. The van der Waals surface area contributed by atoms with E-state index in [0.717, 1.165) is 10.6 Å². The maximum absolute atomic E-state index is 12.5. The van der Waals surface area contributed by atoms with Crippen molar-refractivity contribution >= 4 is 38.7 Å². The van der Waals surface area contributed by atoms with Crippen molar-refractivity contribution in [3.63, 3.8) is 0 Å². The largest absolute Gasteiger partial charge is 0.338 e. The zero-order chi connectivity index (χ0) is 19.0. The molecule has 4 rings (SSSR count). The van der Waals surface area contributed by atoms with Gasteiger partial charge in [0.15, 0.2) is 9.84 Å². The van der Waals surface area contributed by atoms with Gasteiger partial charge in [-0.2, -0.15) is 0 Å². The molecular formula is C18H19N3O4S2. The second kappa shape index (κ2) is 7.05. The first-order chi connectivity index (χ1) is 12.9. The van der Waals surface area contributed by atoms with E-state index in [0.29, 0.717) is 12.1 Å². The molecule has 2 amide bonds. The lowest BCUT2D eigenvalue weighted by molar-refractivity contribution is -0.129. The third-order valence-corrected chi connectivity index (χ3v) is 7.58. The minimum Gasteiger partial charge on any atom is -0.338 e. The number of sulfone groups is 1. The molecule has 9 heteroatoms. The summed E-state index contributed by atoms with van der Waals surface area (Å²) in [6, 6.07) is 7.12. The summed E-state index contributed by atoms with van der Waals surface area (Å²) in [5.41, 5.74) is 1.64. The first-order valence-corrected chi connectivity index (χ1v) is 11.4. The number of nitrogens with one attached hydrogen (secondary N) is 1. The zero-order valence-electron chi connectivity index (χ0n) is 14.5. The highest BCUT2D eigenvalue weighted by molar-refractivity contribution is 7.91. The zero-order valence-corrected chi connectivity index (χ0v) is 16.1. The summed E-state index contributed by atoms with van der Waals surface area (Å²) in [7, 11) is -3.06. The van der Waals surface area contributed by atoms with Gasteiger partial charge >= 0.3 is 0 Å². The smallest absolute Gasteiger partial charge is 0.229 e. The van der Waals surface area contributed by atoms with Crippen LogP contribution in [0.5, 0.6) is 0 Å². The number of nitrogens with zero attached hydrogens (tertiary/aromatic N) is 2. The van der Waals surface area contributed by atoms with E-state index in [1.807, 2.05) is 29.6 Å². The summed E-state index contributed by atoms with van der Waals surface area (Å²) < 4.78 is 23.3. The maximum Gasteiger partial charge on any atom is 0.229 e. The Kier molecular flexibility index (Phi) is 4.73. The molecule has 142 valence electrons. The van der Waals surface area contributed by atoms with Gasteiger partial charge in [-0.05, 0) is 30.7 Å². The number of hydrogen-bond donors (Lipinski definition) is 1. The van der Waals surface area contributed by atoms with E-state index < -0.39 is 15.8 Å². The molecule has 0 aliphatic carbocycles. The lowest BCUT2D eigenvalue weighted by Gasteiger charge is -2.22. The minimum atomic E-state index is -3.06. The molecule has 2 saturated heterocycles. The molecule has 0 radical (unpaired) electrons. The standard InChI is InChI=1S/C18H19N3O4S2/c22-16-9-13(10-21(16)15-5-8-27(24,25)11-15)17(23)20-14-3-1-12(2-4-14)18-19-6-7-26-18/h1-4,6-7,13,15H,5,8-11H2,(H,20,23)/t13-,15-/m1/s1. The number of aromatic nitrogens is 1. The summed E-state index contributed by atoms with van der Waals surface area (Å²) in [4.78, 5) is 30.6. The van der Waals surface area contributed by atoms with Gasteiger partial charge in [-0.15, -0.1) is 11.3 Å². The number of amides is 2. The number of likely N-dealkylation sites (tertiary alicyclic amines) is 1. The highest BCUT2D eigenvalue weighted by atomic mass is 32.2. The molecule has 1 aromatic heterocycles. The lowest BCUT2D eigenvalue weighted by Crippen LogP contribution is -2.38. The van der Waals surface area contributed by atoms with Crippen LogP contribution in [-0.4, -0.2) is 54.2 Å². The van der Waals surface area contributed by atoms with Crippen LogP contribution < -0.4 is 5.32 Å². The van der Waals surface area contributed by atoms with E-state index >= 15 is 0 Å². The van der Waals surface area contributed by atoms with E-state index in [1.54, 1.807) is 22.4 Å². The average molecular weight is 406 g/mol. The number of carbonyl (C=O) groups is 2. The van der Waals surface area contributed by atoms with Crippen molar-refractivity contribution in [2.24, 2.45) is 5.92 Å². The number of thiazole rings is 1. The molecule has 2 aliphatic heterocycles. The lowest BCUT2D eigenvalue weighted by atomic mass is 10.1. The van der Waals surface area contributed by atoms with E-state index in [2.05, 4.69) is 10.3 Å². The van der Waals surface area contributed by atoms with Gasteiger partial charge in [0.25, 0.3) is 0 Å². The minimum absolute atomic E-state index is 0.00525. The van der Waals surface area contributed by atoms with Crippen molar-refractivity contribution in [3.05, 3.63) is 35.8 Å². The normalized spacial score (nSPS) is 24.3. The fraction of sp³-hybridized carbons (Fsp3) is 0.389. The Bertz CT molecular complexity index is 955. The summed E-state index contributed by atoms with van der Waals surface area (Å²) >= 11 is 1.54. The Morgan fingerprint density at radius 1 is 1.26 bits per heavy atom. The summed E-state index contributed by atoms with van der Waals surface area (Å²) in [6.45, 7) is 0.280. The van der Waals surface area contributed by atoms with Crippen molar-refractivity contribution in [2.45, 2.75) is 18.9 Å². The van der Waals surface area contributed by atoms with Crippen LogP contribution in [0.3, 0.4) is 0 Å². The first-order valence-electron chi connectivity index (χ1n) is 8.72. The fourth-order valence-corrected chi connectivity index (χ4v) is 5.96. The van der Waals surface area contributed by atoms with Crippen molar-refractivity contribution in [3.8, 4) is 10.6 Å². The highest BCUT2D eigenvalue weighted by Gasteiger charge is 2.41. The summed E-state index contributed by atoms with van der Waals surface area (Å²) in [6.07, 6.45) is 2.33. The quantitative estimate of drug-likeness (QED) is 0.836. The maximum atomic E-state index is 12.5. The van der Waals surface area contributed by atoms with Gasteiger partial charge in [-0.1, -0.05) is 0 Å². The van der Waals surface area contributed by atoms with E-state index in [4.69, 9.17) is 0 Å². The third-order valence-electron chi connectivity index (χ3n) is 5.01. The predicted molar refractivity (Wildman–Crippen MR) is 103 cm³/mol. The van der Waals surface area contributed by atoms with Gasteiger partial charge in [0, 0.05) is 41.8 Å².